The first-order valence-electron chi connectivity index (χ1n) is 7.26. The van der Waals surface area contributed by atoms with Crippen molar-refractivity contribution in [3.8, 4) is 5.75 Å². The Kier molecular flexibility index (Phi) is 7.53. The van der Waals surface area contributed by atoms with Gasteiger partial charge in [-0.15, -0.1) is 0 Å². The molecule has 1 atom stereocenters. The average Bonchev–Trinajstić information content (AvgIpc) is 2.42. The van der Waals surface area contributed by atoms with Crippen LogP contribution in [-0.2, 0) is 0 Å². The van der Waals surface area contributed by atoms with Gasteiger partial charge in [-0.1, -0.05) is 38.5 Å². The van der Waals surface area contributed by atoms with E-state index in [2.05, 4.69) is 18.7 Å². The first-order chi connectivity index (χ1) is 9.17. The smallest absolute Gasteiger partial charge is 0.122 e. The Balaban J connectivity index is 2.34. The number of benzene rings is 1. The van der Waals surface area contributed by atoms with Gasteiger partial charge in [0.05, 0.1) is 0 Å². The lowest BCUT2D eigenvalue weighted by atomic mass is 10.2. The molecule has 0 spiro atoms. The molecule has 1 N–H and O–H groups in total. The Morgan fingerprint density at radius 1 is 1.26 bits per heavy atom. The maximum atomic E-state index is 10.0. The van der Waals surface area contributed by atoms with Crippen molar-refractivity contribution in [2.24, 2.45) is 0 Å². The summed E-state index contributed by atoms with van der Waals surface area (Å²) in [6.45, 7) is 9.39. The minimum atomic E-state index is -0.434. The molecule has 0 fully saturated rings. The van der Waals surface area contributed by atoms with Crippen molar-refractivity contribution >= 4 is 0 Å². The first kappa shape index (κ1) is 16.0. The third-order valence-electron chi connectivity index (χ3n) is 3.27. The van der Waals surface area contributed by atoms with E-state index < -0.39 is 6.10 Å². The van der Waals surface area contributed by atoms with Gasteiger partial charge in [-0.05, 0) is 38.1 Å². The molecule has 0 radical (unpaired) electrons. The molecule has 0 aliphatic rings. The van der Waals surface area contributed by atoms with E-state index in [4.69, 9.17) is 4.74 Å². The largest absolute Gasteiger partial charge is 0.491 e. The number of nitrogens with zero attached hydrogens (tertiary/aromatic N) is 1. The number of unbranched alkanes of at least 4 members (excludes halogenated alkanes) is 1. The van der Waals surface area contributed by atoms with Crippen molar-refractivity contribution in [2.75, 3.05) is 26.2 Å². The van der Waals surface area contributed by atoms with Crippen LogP contribution in [0.3, 0.4) is 0 Å². The van der Waals surface area contributed by atoms with E-state index >= 15 is 0 Å². The monoisotopic (exact) mass is 265 g/mol. The van der Waals surface area contributed by atoms with Gasteiger partial charge in [0, 0.05) is 6.54 Å². The Labute approximate surface area is 117 Å². The molecule has 1 aromatic carbocycles. The Morgan fingerprint density at radius 2 is 2.00 bits per heavy atom. The number of aliphatic hydroxyl groups excluding tert-OH is 1. The lowest BCUT2D eigenvalue weighted by Gasteiger charge is -2.23. The fourth-order valence-electron chi connectivity index (χ4n) is 2.02. The van der Waals surface area contributed by atoms with E-state index in [9.17, 15) is 5.11 Å². The van der Waals surface area contributed by atoms with Gasteiger partial charge in [-0.2, -0.15) is 0 Å². The molecule has 0 aliphatic heterocycles. The van der Waals surface area contributed by atoms with Crippen LogP contribution in [-0.4, -0.2) is 42.4 Å². The lowest BCUT2D eigenvalue weighted by Crippen LogP contribution is -2.36. The molecule has 1 unspecified atom stereocenters. The SMILES string of the molecule is CCCCN(CC)CC(O)COc1ccccc1C. The molecule has 0 saturated heterocycles. The normalized spacial score (nSPS) is 12.7. The molecule has 3 nitrogen and oxygen atoms in total. The van der Waals surface area contributed by atoms with Crippen molar-refractivity contribution in [3.05, 3.63) is 29.8 Å². The maximum absolute atomic E-state index is 10.0. The van der Waals surface area contributed by atoms with E-state index in [-0.39, 0.29) is 0 Å². The van der Waals surface area contributed by atoms with Crippen LogP contribution in [0.25, 0.3) is 0 Å². The third kappa shape index (κ3) is 6.08. The zero-order chi connectivity index (χ0) is 14.1. The van der Waals surface area contributed by atoms with Crippen LogP contribution in [0.2, 0.25) is 0 Å². The summed E-state index contributed by atoms with van der Waals surface area (Å²) in [5.41, 5.74) is 1.10. The van der Waals surface area contributed by atoms with Gasteiger partial charge in [0.2, 0.25) is 0 Å². The molecular weight excluding hydrogens is 238 g/mol. The second kappa shape index (κ2) is 8.94. The number of ether oxygens (including phenoxy) is 1. The highest BCUT2D eigenvalue weighted by atomic mass is 16.5. The molecule has 19 heavy (non-hydrogen) atoms. The van der Waals surface area contributed by atoms with E-state index in [0.29, 0.717) is 13.2 Å². The molecule has 3 heteroatoms. The summed E-state index contributed by atoms with van der Waals surface area (Å²) in [6, 6.07) is 7.90. The van der Waals surface area contributed by atoms with Crippen molar-refractivity contribution < 1.29 is 9.84 Å². The number of hydrogen-bond acceptors (Lipinski definition) is 3. The van der Waals surface area contributed by atoms with Crippen LogP contribution in [0.4, 0.5) is 0 Å². The standard InChI is InChI=1S/C16H27NO2/c1-4-6-11-17(5-2)12-15(18)13-19-16-10-8-7-9-14(16)3/h7-10,15,18H,4-6,11-13H2,1-3H3. The van der Waals surface area contributed by atoms with Gasteiger partial charge in [-0.3, -0.25) is 0 Å². The highest BCUT2D eigenvalue weighted by Crippen LogP contribution is 2.16. The molecule has 0 aliphatic carbocycles. The molecule has 0 heterocycles. The van der Waals surface area contributed by atoms with Crippen molar-refractivity contribution in [1.82, 2.24) is 4.90 Å². The summed E-state index contributed by atoms with van der Waals surface area (Å²) >= 11 is 0. The molecule has 0 amide bonds. The Morgan fingerprint density at radius 3 is 2.63 bits per heavy atom. The third-order valence-corrected chi connectivity index (χ3v) is 3.27. The fourth-order valence-corrected chi connectivity index (χ4v) is 2.02. The molecule has 1 rings (SSSR count). The zero-order valence-electron chi connectivity index (χ0n) is 12.4. The number of para-hydroxylation sites is 1. The zero-order valence-corrected chi connectivity index (χ0v) is 12.4. The van der Waals surface area contributed by atoms with Gasteiger partial charge in [-0.25, -0.2) is 0 Å². The second-order valence-electron chi connectivity index (χ2n) is 4.98. The number of hydrogen-bond donors (Lipinski definition) is 1. The van der Waals surface area contributed by atoms with Gasteiger partial charge in [0.25, 0.3) is 0 Å². The topological polar surface area (TPSA) is 32.7 Å². The number of aliphatic hydroxyl groups is 1. The summed E-state index contributed by atoms with van der Waals surface area (Å²) < 4.78 is 5.67. The average molecular weight is 265 g/mol. The van der Waals surface area contributed by atoms with Crippen LogP contribution in [0.15, 0.2) is 24.3 Å². The molecule has 0 bridgehead atoms. The van der Waals surface area contributed by atoms with Gasteiger partial charge < -0.3 is 14.7 Å². The molecule has 0 aromatic heterocycles. The van der Waals surface area contributed by atoms with Crippen LogP contribution in [0, 0.1) is 6.92 Å². The van der Waals surface area contributed by atoms with E-state index in [0.717, 1.165) is 24.4 Å². The Bertz CT molecular complexity index is 354. The minimum absolute atomic E-state index is 0.355. The van der Waals surface area contributed by atoms with Crippen LogP contribution < -0.4 is 4.74 Å². The number of rotatable bonds is 9. The lowest BCUT2D eigenvalue weighted by molar-refractivity contribution is 0.0692. The van der Waals surface area contributed by atoms with Gasteiger partial charge in [0.15, 0.2) is 0 Å². The molecule has 1 aromatic rings. The van der Waals surface area contributed by atoms with Gasteiger partial charge >= 0.3 is 0 Å². The molecule has 108 valence electrons. The predicted molar refractivity (Wildman–Crippen MR) is 79.7 cm³/mol. The summed E-state index contributed by atoms with van der Waals surface area (Å²) in [5.74, 6) is 0.859. The van der Waals surface area contributed by atoms with E-state index in [1.165, 1.54) is 12.8 Å². The highest BCUT2D eigenvalue weighted by molar-refractivity contribution is 5.31. The quantitative estimate of drug-likeness (QED) is 0.745. The van der Waals surface area contributed by atoms with Crippen LogP contribution in [0.5, 0.6) is 5.75 Å². The fraction of sp³-hybridized carbons (Fsp3) is 0.625. The van der Waals surface area contributed by atoms with Crippen molar-refractivity contribution in [2.45, 2.75) is 39.7 Å². The minimum Gasteiger partial charge on any atom is -0.491 e. The Hall–Kier alpha value is -1.06. The first-order valence-corrected chi connectivity index (χ1v) is 7.26. The number of likely N-dealkylation sites (N-methyl/N-ethyl adjacent to an activating group) is 1. The summed E-state index contributed by atoms with van der Waals surface area (Å²) in [5, 5.41) is 10.0. The van der Waals surface area contributed by atoms with E-state index in [1.807, 2.05) is 31.2 Å². The summed E-state index contributed by atoms with van der Waals surface area (Å²) in [4.78, 5) is 2.27. The van der Waals surface area contributed by atoms with Crippen LogP contribution >= 0.6 is 0 Å². The maximum Gasteiger partial charge on any atom is 0.122 e. The van der Waals surface area contributed by atoms with E-state index in [1.54, 1.807) is 0 Å². The number of aryl methyl sites for hydroxylation is 1. The molecule has 0 saturated carbocycles. The van der Waals surface area contributed by atoms with Crippen LogP contribution in [0.1, 0.15) is 32.3 Å². The highest BCUT2D eigenvalue weighted by Gasteiger charge is 2.11. The van der Waals surface area contributed by atoms with Crippen molar-refractivity contribution in [3.63, 3.8) is 0 Å². The molecular formula is C16H27NO2. The van der Waals surface area contributed by atoms with Gasteiger partial charge in [0.1, 0.15) is 18.5 Å². The predicted octanol–water partition coefficient (Wildman–Crippen LogP) is 2.86. The summed E-state index contributed by atoms with van der Waals surface area (Å²) in [7, 11) is 0. The second-order valence-corrected chi connectivity index (χ2v) is 4.98. The van der Waals surface area contributed by atoms with Crippen molar-refractivity contribution in [1.29, 1.82) is 0 Å². The summed E-state index contributed by atoms with van der Waals surface area (Å²) in [6.07, 6.45) is 1.93.